The Hall–Kier alpha value is -1.73. The molecular formula is C12H9FN2O2S2. The predicted molar refractivity (Wildman–Crippen MR) is 72.5 cm³/mol. The quantitative estimate of drug-likeness (QED) is 0.678. The summed E-state index contributed by atoms with van der Waals surface area (Å²) in [5.41, 5.74) is 1.29. The summed E-state index contributed by atoms with van der Waals surface area (Å²) in [6.45, 7) is 0. The van der Waals surface area contributed by atoms with E-state index in [4.69, 9.17) is 5.11 Å². The largest absolute Gasteiger partial charge is 0.478 e. The van der Waals surface area contributed by atoms with E-state index < -0.39 is 5.97 Å². The number of carbonyl (C=O) groups is 1. The van der Waals surface area contributed by atoms with E-state index in [1.165, 1.54) is 47.8 Å². The maximum atomic E-state index is 13.4. The third-order valence-corrected chi connectivity index (χ3v) is 3.97. The van der Waals surface area contributed by atoms with Gasteiger partial charge in [-0.05, 0) is 40.9 Å². The zero-order valence-electron chi connectivity index (χ0n) is 9.62. The lowest BCUT2D eigenvalue weighted by atomic mass is 10.1. The summed E-state index contributed by atoms with van der Waals surface area (Å²) in [7, 11) is 0. The molecule has 2 rings (SSSR count). The Morgan fingerprint density at radius 2 is 2.32 bits per heavy atom. The molecule has 1 aromatic heterocycles. The van der Waals surface area contributed by atoms with Crippen LogP contribution < -0.4 is 0 Å². The zero-order chi connectivity index (χ0) is 13.7. The van der Waals surface area contributed by atoms with Crippen LogP contribution in [0, 0.1) is 5.82 Å². The van der Waals surface area contributed by atoms with Crippen LogP contribution in [0.25, 0.3) is 6.08 Å². The summed E-state index contributed by atoms with van der Waals surface area (Å²) in [4.78, 5) is 14.4. The molecule has 0 bridgehead atoms. The lowest BCUT2D eigenvalue weighted by Crippen LogP contribution is -1.88. The third kappa shape index (κ3) is 4.46. The molecule has 0 radical (unpaired) electrons. The molecule has 2 aromatic rings. The van der Waals surface area contributed by atoms with Gasteiger partial charge in [-0.15, -0.1) is 0 Å². The van der Waals surface area contributed by atoms with Crippen LogP contribution in [0.4, 0.5) is 4.39 Å². The first-order chi connectivity index (χ1) is 9.13. The summed E-state index contributed by atoms with van der Waals surface area (Å²) in [6.07, 6.45) is 3.82. The molecular weight excluding hydrogens is 287 g/mol. The van der Waals surface area contributed by atoms with Crippen molar-refractivity contribution in [2.75, 3.05) is 0 Å². The van der Waals surface area contributed by atoms with E-state index >= 15 is 0 Å². The first-order valence-electron chi connectivity index (χ1n) is 5.23. The Morgan fingerprint density at radius 3 is 3.00 bits per heavy atom. The van der Waals surface area contributed by atoms with E-state index in [1.807, 2.05) is 0 Å². The van der Waals surface area contributed by atoms with Gasteiger partial charge in [0.1, 0.15) is 12.1 Å². The molecule has 98 valence electrons. The van der Waals surface area contributed by atoms with Gasteiger partial charge in [-0.3, -0.25) is 0 Å². The number of rotatable bonds is 5. The maximum absolute atomic E-state index is 13.4. The SMILES string of the molecule is O=C(O)C=Cc1cc(F)cc(CSc2ncns2)c1. The van der Waals surface area contributed by atoms with Gasteiger partial charge in [0, 0.05) is 11.8 Å². The number of carboxylic acids is 1. The molecule has 0 saturated heterocycles. The molecule has 1 N–H and O–H groups in total. The van der Waals surface area contributed by atoms with Crippen molar-refractivity contribution in [3.8, 4) is 0 Å². The maximum Gasteiger partial charge on any atom is 0.328 e. The number of hydrogen-bond donors (Lipinski definition) is 1. The van der Waals surface area contributed by atoms with Crippen molar-refractivity contribution in [2.45, 2.75) is 10.1 Å². The van der Waals surface area contributed by atoms with Gasteiger partial charge >= 0.3 is 5.97 Å². The Morgan fingerprint density at radius 1 is 1.47 bits per heavy atom. The number of benzene rings is 1. The van der Waals surface area contributed by atoms with Gasteiger partial charge in [0.2, 0.25) is 0 Å². The van der Waals surface area contributed by atoms with Crippen molar-refractivity contribution in [1.29, 1.82) is 0 Å². The highest BCUT2D eigenvalue weighted by Crippen LogP contribution is 2.24. The third-order valence-electron chi connectivity index (χ3n) is 2.10. The molecule has 0 saturated carbocycles. The number of hydrogen-bond acceptors (Lipinski definition) is 5. The van der Waals surface area contributed by atoms with Crippen LogP contribution in [0.2, 0.25) is 0 Å². The molecule has 0 fully saturated rings. The Kier molecular flexibility index (Phi) is 4.64. The first-order valence-corrected chi connectivity index (χ1v) is 6.99. The van der Waals surface area contributed by atoms with Crippen molar-refractivity contribution in [3.63, 3.8) is 0 Å². The van der Waals surface area contributed by atoms with E-state index in [0.717, 1.165) is 16.0 Å². The number of halogens is 1. The van der Waals surface area contributed by atoms with Gasteiger partial charge in [-0.25, -0.2) is 14.2 Å². The summed E-state index contributed by atoms with van der Waals surface area (Å²) < 4.78 is 18.1. The van der Waals surface area contributed by atoms with E-state index in [2.05, 4.69) is 9.36 Å². The second-order valence-electron chi connectivity index (χ2n) is 3.56. The average molecular weight is 296 g/mol. The van der Waals surface area contributed by atoms with E-state index in [1.54, 1.807) is 6.07 Å². The molecule has 0 aliphatic heterocycles. The van der Waals surface area contributed by atoms with Crippen LogP contribution >= 0.6 is 23.3 Å². The lowest BCUT2D eigenvalue weighted by molar-refractivity contribution is -0.131. The topological polar surface area (TPSA) is 63.1 Å². The fourth-order valence-electron chi connectivity index (χ4n) is 1.39. The highest BCUT2D eigenvalue weighted by atomic mass is 32.2. The average Bonchev–Trinajstić information content (AvgIpc) is 2.86. The Balaban J connectivity index is 2.10. The second kappa shape index (κ2) is 6.44. The summed E-state index contributed by atoms with van der Waals surface area (Å²) in [5.74, 6) is -0.893. The number of aliphatic carboxylic acids is 1. The zero-order valence-corrected chi connectivity index (χ0v) is 11.2. The van der Waals surface area contributed by atoms with Crippen molar-refractivity contribution < 1.29 is 14.3 Å². The predicted octanol–water partition coefficient (Wildman–Crippen LogP) is 3.07. The highest BCUT2D eigenvalue weighted by molar-refractivity contribution is 8.00. The second-order valence-corrected chi connectivity index (χ2v) is 5.56. The van der Waals surface area contributed by atoms with Crippen LogP contribution in [0.15, 0.2) is 34.9 Å². The van der Waals surface area contributed by atoms with E-state index in [-0.39, 0.29) is 5.82 Å². The molecule has 0 amide bonds. The van der Waals surface area contributed by atoms with Gasteiger partial charge in [-0.1, -0.05) is 17.8 Å². The molecule has 1 heterocycles. The fraction of sp³-hybridized carbons (Fsp3) is 0.0833. The van der Waals surface area contributed by atoms with Crippen LogP contribution in [-0.2, 0) is 10.5 Å². The van der Waals surface area contributed by atoms with E-state index in [0.29, 0.717) is 11.3 Å². The normalized spacial score (nSPS) is 11.0. The van der Waals surface area contributed by atoms with Crippen LogP contribution in [0.1, 0.15) is 11.1 Å². The molecule has 0 atom stereocenters. The fourth-order valence-corrected chi connectivity index (χ4v) is 2.77. The minimum atomic E-state index is -1.06. The summed E-state index contributed by atoms with van der Waals surface area (Å²) >= 11 is 2.74. The van der Waals surface area contributed by atoms with Crippen molar-refractivity contribution in [2.24, 2.45) is 0 Å². The van der Waals surface area contributed by atoms with Gasteiger partial charge in [0.25, 0.3) is 0 Å². The highest BCUT2D eigenvalue weighted by Gasteiger charge is 2.03. The molecule has 0 spiro atoms. The summed E-state index contributed by atoms with van der Waals surface area (Å²) in [5, 5.41) is 8.54. The monoisotopic (exact) mass is 296 g/mol. The molecule has 0 unspecified atom stereocenters. The van der Waals surface area contributed by atoms with Gasteiger partial charge < -0.3 is 5.11 Å². The van der Waals surface area contributed by atoms with Gasteiger partial charge in [0.15, 0.2) is 4.34 Å². The number of aromatic nitrogens is 2. The molecule has 0 aliphatic carbocycles. The minimum absolute atomic E-state index is 0.389. The lowest BCUT2D eigenvalue weighted by Gasteiger charge is -2.02. The molecule has 0 aliphatic rings. The standard InChI is InChI=1S/C12H9FN2O2S2/c13-10-4-8(1-2-11(16)17)3-9(5-10)6-18-12-14-7-15-19-12/h1-5,7H,6H2,(H,16,17). The summed E-state index contributed by atoms with van der Waals surface area (Å²) in [6, 6.07) is 4.46. The van der Waals surface area contributed by atoms with Gasteiger partial charge in [0.05, 0.1) is 0 Å². The van der Waals surface area contributed by atoms with Crippen molar-refractivity contribution in [3.05, 3.63) is 47.5 Å². The minimum Gasteiger partial charge on any atom is -0.478 e. The van der Waals surface area contributed by atoms with Gasteiger partial charge in [-0.2, -0.15) is 4.37 Å². The number of nitrogens with zero attached hydrogens (tertiary/aromatic N) is 2. The number of thioether (sulfide) groups is 1. The van der Waals surface area contributed by atoms with Crippen molar-refractivity contribution >= 4 is 35.3 Å². The smallest absolute Gasteiger partial charge is 0.328 e. The molecule has 1 aromatic carbocycles. The molecule has 19 heavy (non-hydrogen) atoms. The van der Waals surface area contributed by atoms with Crippen molar-refractivity contribution in [1.82, 2.24) is 9.36 Å². The number of carboxylic acid groups (broad SMARTS) is 1. The van der Waals surface area contributed by atoms with Crippen LogP contribution in [-0.4, -0.2) is 20.4 Å². The first kappa shape index (κ1) is 13.7. The van der Waals surface area contributed by atoms with Crippen LogP contribution in [0.3, 0.4) is 0 Å². The molecule has 7 heteroatoms. The van der Waals surface area contributed by atoms with Crippen LogP contribution in [0.5, 0.6) is 0 Å². The van der Waals surface area contributed by atoms with E-state index in [9.17, 15) is 9.18 Å². The molecule has 4 nitrogen and oxygen atoms in total. The Bertz CT molecular complexity index is 600. The Labute approximate surface area is 117 Å².